The fraction of sp³-hybridized carbons (Fsp3) is 0.588. The highest BCUT2D eigenvalue weighted by Crippen LogP contribution is 2.21. The Kier molecular flexibility index (Phi) is 11.0. The number of ether oxygens (including phenoxy) is 1. The van der Waals surface area contributed by atoms with Gasteiger partial charge >= 0.3 is 0 Å². The minimum absolute atomic E-state index is 0. The summed E-state index contributed by atoms with van der Waals surface area (Å²) in [5.41, 5.74) is 1.23. The number of hydrogen-bond acceptors (Lipinski definition) is 3. The van der Waals surface area contributed by atoms with E-state index in [2.05, 4.69) is 62.5 Å². The Bertz CT molecular complexity index is 460. The van der Waals surface area contributed by atoms with E-state index in [9.17, 15) is 0 Å². The number of guanidine groups is 1. The minimum Gasteiger partial charge on any atom is -0.497 e. The zero-order valence-corrected chi connectivity index (χ0v) is 17.4. The predicted molar refractivity (Wildman–Crippen MR) is 109 cm³/mol. The molecule has 0 aliphatic carbocycles. The standard InChI is InChI=1S/C17H30N4O.HI/c1-7-18-17(20-13(2)3)19-12-16(21(4)5)14-8-10-15(22-6)11-9-14;/h8-11,13,16H,7,12H2,1-6H3,(H2,18,19,20);1H. The van der Waals surface area contributed by atoms with Gasteiger partial charge in [0.05, 0.1) is 19.7 Å². The second-order valence-electron chi connectivity index (χ2n) is 5.77. The van der Waals surface area contributed by atoms with Crippen LogP contribution in [-0.2, 0) is 0 Å². The van der Waals surface area contributed by atoms with Gasteiger partial charge in [0.25, 0.3) is 0 Å². The molecule has 0 amide bonds. The van der Waals surface area contributed by atoms with E-state index in [0.717, 1.165) is 18.3 Å². The minimum atomic E-state index is 0. The molecular weight excluding hydrogens is 403 g/mol. The van der Waals surface area contributed by atoms with Gasteiger partial charge in [0.1, 0.15) is 5.75 Å². The van der Waals surface area contributed by atoms with Crippen molar-refractivity contribution in [3.8, 4) is 5.75 Å². The third-order valence-electron chi connectivity index (χ3n) is 3.32. The molecule has 2 N–H and O–H groups in total. The molecule has 0 saturated heterocycles. The SMILES string of the molecule is CCNC(=NCC(c1ccc(OC)cc1)N(C)C)NC(C)C.I. The van der Waals surface area contributed by atoms with E-state index in [1.165, 1.54) is 5.56 Å². The summed E-state index contributed by atoms with van der Waals surface area (Å²) in [6, 6.07) is 8.77. The lowest BCUT2D eigenvalue weighted by Gasteiger charge is -2.24. The van der Waals surface area contributed by atoms with E-state index in [4.69, 9.17) is 9.73 Å². The van der Waals surface area contributed by atoms with Gasteiger partial charge in [0.15, 0.2) is 5.96 Å². The zero-order chi connectivity index (χ0) is 16.5. The highest BCUT2D eigenvalue weighted by atomic mass is 127. The van der Waals surface area contributed by atoms with E-state index in [1.807, 2.05) is 12.1 Å². The molecule has 5 nitrogen and oxygen atoms in total. The molecular formula is C17H31IN4O. The highest BCUT2D eigenvalue weighted by Gasteiger charge is 2.14. The number of benzene rings is 1. The third kappa shape index (κ3) is 7.87. The molecule has 0 saturated carbocycles. The maximum atomic E-state index is 5.22. The number of likely N-dealkylation sites (N-methyl/N-ethyl adjacent to an activating group) is 1. The first-order valence-electron chi connectivity index (χ1n) is 7.83. The van der Waals surface area contributed by atoms with Crippen molar-refractivity contribution in [3.63, 3.8) is 0 Å². The van der Waals surface area contributed by atoms with Crippen LogP contribution in [0.5, 0.6) is 5.75 Å². The molecule has 0 aliphatic heterocycles. The molecule has 0 bridgehead atoms. The van der Waals surface area contributed by atoms with Crippen LogP contribution in [0.4, 0.5) is 0 Å². The first-order valence-corrected chi connectivity index (χ1v) is 7.83. The van der Waals surface area contributed by atoms with Gasteiger partial charge in [-0.15, -0.1) is 24.0 Å². The zero-order valence-electron chi connectivity index (χ0n) is 15.1. The third-order valence-corrected chi connectivity index (χ3v) is 3.32. The Balaban J connectivity index is 0.00000484. The van der Waals surface area contributed by atoms with Crippen LogP contribution in [0.25, 0.3) is 0 Å². The molecule has 0 aromatic heterocycles. The molecule has 132 valence electrons. The Labute approximate surface area is 157 Å². The summed E-state index contributed by atoms with van der Waals surface area (Å²) in [4.78, 5) is 6.90. The average Bonchev–Trinajstić information content (AvgIpc) is 2.47. The molecule has 6 heteroatoms. The van der Waals surface area contributed by atoms with Gasteiger partial charge in [-0.1, -0.05) is 12.1 Å². The fourth-order valence-corrected chi connectivity index (χ4v) is 2.16. The fourth-order valence-electron chi connectivity index (χ4n) is 2.16. The number of hydrogen-bond donors (Lipinski definition) is 2. The quantitative estimate of drug-likeness (QED) is 0.394. The molecule has 1 atom stereocenters. The summed E-state index contributed by atoms with van der Waals surface area (Å²) in [6.45, 7) is 7.85. The molecule has 0 radical (unpaired) electrons. The van der Waals surface area contributed by atoms with Crippen LogP contribution in [0.3, 0.4) is 0 Å². The number of rotatable bonds is 7. The summed E-state index contributed by atoms with van der Waals surface area (Å²) in [5, 5.41) is 6.62. The Morgan fingerprint density at radius 1 is 1.22 bits per heavy atom. The van der Waals surface area contributed by atoms with Gasteiger partial charge in [-0.05, 0) is 52.6 Å². The van der Waals surface area contributed by atoms with Gasteiger partial charge < -0.3 is 20.3 Å². The van der Waals surface area contributed by atoms with Crippen molar-refractivity contribution in [2.45, 2.75) is 32.9 Å². The van der Waals surface area contributed by atoms with Crippen molar-refractivity contribution in [1.29, 1.82) is 0 Å². The van der Waals surface area contributed by atoms with Crippen LogP contribution < -0.4 is 15.4 Å². The lowest BCUT2D eigenvalue weighted by Crippen LogP contribution is -2.41. The van der Waals surface area contributed by atoms with Gasteiger partial charge in [0, 0.05) is 12.6 Å². The number of aliphatic imine (C=N–C) groups is 1. The maximum absolute atomic E-state index is 5.22. The van der Waals surface area contributed by atoms with Gasteiger partial charge in [0.2, 0.25) is 0 Å². The first-order chi connectivity index (χ1) is 10.5. The molecule has 0 heterocycles. The van der Waals surface area contributed by atoms with Gasteiger partial charge in [-0.3, -0.25) is 4.99 Å². The lowest BCUT2D eigenvalue weighted by molar-refractivity contribution is 0.306. The normalized spacial score (nSPS) is 12.8. The molecule has 23 heavy (non-hydrogen) atoms. The van der Waals surface area contributed by atoms with E-state index in [0.29, 0.717) is 12.6 Å². The van der Waals surface area contributed by atoms with E-state index < -0.39 is 0 Å². The Morgan fingerprint density at radius 3 is 2.26 bits per heavy atom. The van der Waals surface area contributed by atoms with E-state index in [-0.39, 0.29) is 30.0 Å². The predicted octanol–water partition coefficient (Wildman–Crippen LogP) is 2.88. The van der Waals surface area contributed by atoms with Crippen LogP contribution in [-0.4, -0.2) is 51.2 Å². The molecule has 0 aliphatic rings. The largest absolute Gasteiger partial charge is 0.497 e. The number of nitrogens with one attached hydrogen (secondary N) is 2. The number of methoxy groups -OCH3 is 1. The molecule has 1 rings (SSSR count). The second-order valence-corrected chi connectivity index (χ2v) is 5.77. The summed E-state index contributed by atoms with van der Waals surface area (Å²) in [6.07, 6.45) is 0. The first kappa shape index (κ1) is 22.0. The van der Waals surface area contributed by atoms with Crippen molar-refractivity contribution < 1.29 is 4.74 Å². The van der Waals surface area contributed by atoms with Crippen LogP contribution in [0.1, 0.15) is 32.4 Å². The maximum Gasteiger partial charge on any atom is 0.191 e. The molecule has 1 aromatic rings. The van der Waals surface area contributed by atoms with Crippen LogP contribution in [0, 0.1) is 0 Å². The summed E-state index contributed by atoms with van der Waals surface area (Å²) in [5.74, 6) is 1.73. The van der Waals surface area contributed by atoms with Crippen molar-refractivity contribution in [1.82, 2.24) is 15.5 Å². The van der Waals surface area contributed by atoms with Crippen molar-refractivity contribution in [3.05, 3.63) is 29.8 Å². The van der Waals surface area contributed by atoms with Gasteiger partial charge in [-0.25, -0.2) is 0 Å². The number of halogens is 1. The topological polar surface area (TPSA) is 48.9 Å². The van der Waals surface area contributed by atoms with Crippen LogP contribution in [0.2, 0.25) is 0 Å². The van der Waals surface area contributed by atoms with Crippen LogP contribution >= 0.6 is 24.0 Å². The number of nitrogens with zero attached hydrogens (tertiary/aromatic N) is 2. The highest BCUT2D eigenvalue weighted by molar-refractivity contribution is 14.0. The van der Waals surface area contributed by atoms with Crippen molar-refractivity contribution in [2.24, 2.45) is 4.99 Å². The van der Waals surface area contributed by atoms with Gasteiger partial charge in [-0.2, -0.15) is 0 Å². The summed E-state index contributed by atoms with van der Waals surface area (Å²) < 4.78 is 5.22. The second kappa shape index (κ2) is 11.5. The Hall–Kier alpha value is -1.02. The summed E-state index contributed by atoms with van der Waals surface area (Å²) >= 11 is 0. The summed E-state index contributed by atoms with van der Waals surface area (Å²) in [7, 11) is 5.84. The van der Waals surface area contributed by atoms with E-state index in [1.54, 1.807) is 7.11 Å². The molecule has 0 spiro atoms. The van der Waals surface area contributed by atoms with Crippen LogP contribution in [0.15, 0.2) is 29.3 Å². The Morgan fingerprint density at radius 2 is 1.83 bits per heavy atom. The lowest BCUT2D eigenvalue weighted by atomic mass is 10.1. The smallest absolute Gasteiger partial charge is 0.191 e. The monoisotopic (exact) mass is 434 g/mol. The average molecular weight is 434 g/mol. The molecule has 0 fully saturated rings. The van der Waals surface area contributed by atoms with E-state index >= 15 is 0 Å². The molecule has 1 aromatic carbocycles. The van der Waals surface area contributed by atoms with Crippen molar-refractivity contribution >= 4 is 29.9 Å². The van der Waals surface area contributed by atoms with Crippen molar-refractivity contribution in [2.75, 3.05) is 34.3 Å². The molecule has 1 unspecified atom stereocenters.